The molecule has 0 aliphatic rings. The van der Waals surface area contributed by atoms with E-state index in [2.05, 4.69) is 9.44 Å². The van der Waals surface area contributed by atoms with Crippen LogP contribution in [0.3, 0.4) is 0 Å². The Hall–Kier alpha value is -1.44. The van der Waals surface area contributed by atoms with Crippen molar-refractivity contribution in [3.8, 4) is 11.5 Å². The first-order valence-corrected chi connectivity index (χ1v) is 14.1. The van der Waals surface area contributed by atoms with Crippen LogP contribution in [0.1, 0.15) is 64.5 Å². The van der Waals surface area contributed by atoms with Crippen molar-refractivity contribution in [3.05, 3.63) is 23.3 Å². The van der Waals surface area contributed by atoms with Gasteiger partial charge in [-0.2, -0.15) is 25.4 Å². The molecule has 0 atom stereocenters. The zero-order chi connectivity index (χ0) is 26.5. The van der Waals surface area contributed by atoms with Gasteiger partial charge >= 0.3 is 0 Å². The minimum atomic E-state index is -3.49. The van der Waals surface area contributed by atoms with E-state index in [0.717, 1.165) is 8.61 Å². The van der Waals surface area contributed by atoms with E-state index in [1.165, 1.54) is 28.2 Å². The van der Waals surface area contributed by atoms with Crippen molar-refractivity contribution in [1.82, 2.24) is 18.1 Å². The summed E-state index contributed by atoms with van der Waals surface area (Å²) in [4.78, 5) is 0. The third-order valence-corrected chi connectivity index (χ3v) is 9.12. The zero-order valence-electron chi connectivity index (χ0n) is 21.6. The summed E-state index contributed by atoms with van der Waals surface area (Å²) in [6.07, 6.45) is 2.28. The molecular weight excluding hydrogens is 480 g/mol. The second-order valence-electron chi connectivity index (χ2n) is 10.2. The lowest BCUT2D eigenvalue weighted by Gasteiger charge is -2.30. The van der Waals surface area contributed by atoms with Crippen LogP contribution in [0.2, 0.25) is 0 Å². The summed E-state index contributed by atoms with van der Waals surface area (Å²) in [6.45, 7) is 8.26. The SMILES string of the molecule is CN(C)S(=O)(=O)NCCCC(C)(C)c1cc(O)c(C(C)(C)CCCNS(=O)(=O)N(C)C)cc1O. The first-order valence-electron chi connectivity index (χ1n) is 11.2. The minimum Gasteiger partial charge on any atom is -0.508 e. The van der Waals surface area contributed by atoms with Crippen molar-refractivity contribution < 1.29 is 27.0 Å². The maximum Gasteiger partial charge on any atom is 0.278 e. The molecule has 10 nitrogen and oxygen atoms in total. The molecule has 0 unspecified atom stereocenters. The molecule has 4 N–H and O–H groups in total. The molecule has 0 saturated heterocycles. The van der Waals surface area contributed by atoms with E-state index < -0.39 is 31.2 Å². The standard InChI is InChI=1S/C22H42N4O6S2/c1-21(2,11-9-13-23-33(29,30)25(5)6)17-15-20(28)18(16-19(17)27)22(3,4)12-10-14-24-34(31,32)26(7)8/h15-16,23-24,27-28H,9-14H2,1-8H3. The van der Waals surface area contributed by atoms with Crippen LogP contribution >= 0.6 is 0 Å². The maximum atomic E-state index is 11.8. The van der Waals surface area contributed by atoms with Gasteiger partial charge in [0, 0.05) is 52.4 Å². The van der Waals surface area contributed by atoms with Crippen molar-refractivity contribution in [1.29, 1.82) is 0 Å². The molecule has 0 fully saturated rings. The molecule has 0 bridgehead atoms. The number of phenols is 2. The highest BCUT2D eigenvalue weighted by Gasteiger charge is 2.30. The van der Waals surface area contributed by atoms with Gasteiger partial charge in [-0.1, -0.05) is 27.7 Å². The largest absolute Gasteiger partial charge is 0.508 e. The predicted molar refractivity (Wildman–Crippen MR) is 136 cm³/mol. The zero-order valence-corrected chi connectivity index (χ0v) is 23.3. The van der Waals surface area contributed by atoms with Crippen molar-refractivity contribution >= 4 is 20.4 Å². The summed E-state index contributed by atoms with van der Waals surface area (Å²) in [5, 5.41) is 21.6. The third-order valence-electron chi connectivity index (χ3n) is 6.06. The highest BCUT2D eigenvalue weighted by atomic mass is 32.2. The lowest BCUT2D eigenvalue weighted by molar-refractivity contribution is 0.385. The van der Waals surface area contributed by atoms with Crippen molar-refractivity contribution in [2.45, 2.75) is 64.2 Å². The fraction of sp³-hybridized carbons (Fsp3) is 0.727. The summed E-state index contributed by atoms with van der Waals surface area (Å²) in [7, 11) is -1.15. The van der Waals surface area contributed by atoms with Crippen LogP contribution in [0.25, 0.3) is 0 Å². The minimum absolute atomic E-state index is 0.0630. The molecule has 34 heavy (non-hydrogen) atoms. The fourth-order valence-corrected chi connectivity index (χ4v) is 4.97. The molecule has 0 aliphatic carbocycles. The van der Waals surface area contributed by atoms with E-state index in [0.29, 0.717) is 36.8 Å². The molecule has 12 heteroatoms. The van der Waals surface area contributed by atoms with E-state index >= 15 is 0 Å². The molecular formula is C22H42N4O6S2. The lowest BCUT2D eigenvalue weighted by Crippen LogP contribution is -2.36. The van der Waals surface area contributed by atoms with Crippen LogP contribution in [0.4, 0.5) is 0 Å². The molecule has 1 rings (SSSR count). The van der Waals surface area contributed by atoms with Gasteiger partial charge in [0.15, 0.2) is 0 Å². The quantitative estimate of drug-likeness (QED) is 0.218. The Bertz CT molecular complexity index is 952. The lowest BCUT2D eigenvalue weighted by atomic mass is 9.75. The first-order chi connectivity index (χ1) is 15.3. The Morgan fingerprint density at radius 2 is 1.00 bits per heavy atom. The molecule has 1 aromatic rings. The number of rotatable bonds is 14. The Morgan fingerprint density at radius 3 is 1.26 bits per heavy atom. The molecule has 0 radical (unpaired) electrons. The van der Waals surface area contributed by atoms with Crippen LogP contribution in [0.15, 0.2) is 12.1 Å². The van der Waals surface area contributed by atoms with Gasteiger partial charge in [-0.25, -0.2) is 9.44 Å². The Balaban J connectivity index is 2.87. The average Bonchev–Trinajstić information content (AvgIpc) is 2.69. The Morgan fingerprint density at radius 1 is 0.706 bits per heavy atom. The monoisotopic (exact) mass is 522 g/mol. The van der Waals surface area contributed by atoms with E-state index in [1.54, 1.807) is 12.1 Å². The van der Waals surface area contributed by atoms with Crippen LogP contribution in [-0.4, -0.2) is 76.9 Å². The summed E-state index contributed by atoms with van der Waals surface area (Å²) in [5.41, 5.74) is 0.161. The summed E-state index contributed by atoms with van der Waals surface area (Å²) in [5.74, 6) is 0.126. The average molecular weight is 523 g/mol. The Labute approximate surface area is 205 Å². The van der Waals surface area contributed by atoms with Crippen LogP contribution in [0, 0.1) is 0 Å². The number of benzene rings is 1. The number of aromatic hydroxyl groups is 2. The summed E-state index contributed by atoms with van der Waals surface area (Å²) >= 11 is 0. The fourth-order valence-electron chi connectivity index (χ4n) is 3.65. The smallest absolute Gasteiger partial charge is 0.278 e. The predicted octanol–water partition coefficient (Wildman–Crippen LogP) is 2.01. The first kappa shape index (κ1) is 30.6. The van der Waals surface area contributed by atoms with E-state index in [1.807, 2.05) is 27.7 Å². The Kier molecular flexibility index (Phi) is 10.4. The van der Waals surface area contributed by atoms with Crippen molar-refractivity contribution in [3.63, 3.8) is 0 Å². The van der Waals surface area contributed by atoms with E-state index in [9.17, 15) is 27.0 Å². The molecule has 0 heterocycles. The van der Waals surface area contributed by atoms with Crippen LogP contribution in [-0.2, 0) is 31.2 Å². The molecule has 0 amide bonds. The van der Waals surface area contributed by atoms with Gasteiger partial charge in [-0.15, -0.1) is 0 Å². The van der Waals surface area contributed by atoms with Gasteiger partial charge in [-0.05, 0) is 48.6 Å². The van der Waals surface area contributed by atoms with Crippen LogP contribution < -0.4 is 9.44 Å². The second-order valence-corrected chi connectivity index (χ2v) is 14.2. The van der Waals surface area contributed by atoms with Gasteiger partial charge in [0.25, 0.3) is 20.4 Å². The van der Waals surface area contributed by atoms with Crippen LogP contribution in [0.5, 0.6) is 11.5 Å². The molecule has 0 aromatic heterocycles. The van der Waals surface area contributed by atoms with E-state index in [4.69, 9.17) is 0 Å². The van der Waals surface area contributed by atoms with Gasteiger partial charge in [-0.3, -0.25) is 0 Å². The number of hydrogen-bond acceptors (Lipinski definition) is 6. The highest BCUT2D eigenvalue weighted by Crippen LogP contribution is 2.43. The van der Waals surface area contributed by atoms with Gasteiger partial charge in [0.1, 0.15) is 11.5 Å². The van der Waals surface area contributed by atoms with Gasteiger partial charge in [0.05, 0.1) is 0 Å². The van der Waals surface area contributed by atoms with Gasteiger partial charge < -0.3 is 10.2 Å². The topological polar surface area (TPSA) is 139 Å². The second kappa shape index (κ2) is 11.5. The summed E-state index contributed by atoms with van der Waals surface area (Å²) < 4.78 is 54.6. The molecule has 0 spiro atoms. The number of nitrogens with one attached hydrogen (secondary N) is 2. The maximum absolute atomic E-state index is 11.8. The number of hydrogen-bond donors (Lipinski definition) is 4. The molecule has 198 valence electrons. The highest BCUT2D eigenvalue weighted by molar-refractivity contribution is 7.87. The van der Waals surface area contributed by atoms with E-state index in [-0.39, 0.29) is 24.6 Å². The van der Waals surface area contributed by atoms with Crippen molar-refractivity contribution in [2.24, 2.45) is 0 Å². The number of nitrogens with zero attached hydrogens (tertiary/aromatic N) is 2. The summed E-state index contributed by atoms with van der Waals surface area (Å²) in [6, 6.07) is 3.15. The molecule has 0 aliphatic heterocycles. The van der Waals surface area contributed by atoms with Crippen molar-refractivity contribution in [2.75, 3.05) is 41.3 Å². The van der Waals surface area contributed by atoms with Gasteiger partial charge in [0.2, 0.25) is 0 Å². The molecule has 0 saturated carbocycles. The normalized spacial score (nSPS) is 13.7. The third kappa shape index (κ3) is 8.35. The molecule has 1 aromatic carbocycles. The number of phenolic OH excluding ortho intramolecular Hbond substituents is 2.